The molecule has 4 fully saturated rings. The number of unbranched alkanes of at least 4 members (excludes halogenated alkanes) is 2. The summed E-state index contributed by atoms with van der Waals surface area (Å²) in [6, 6.07) is 0. The number of hydrogen-bond donors (Lipinski definition) is 0. The molecule has 0 aliphatic heterocycles. The second-order valence-corrected chi connectivity index (χ2v) is 25.5. The number of halogens is 4. The van der Waals surface area contributed by atoms with Crippen molar-refractivity contribution in [1.82, 2.24) is 0 Å². The van der Waals surface area contributed by atoms with Gasteiger partial charge in [0.1, 0.15) is 0 Å². The standard InChI is InChI=1S/C27H44.C21H32.4CH3.4ClH.2Zr/c1-4-7-14-22-21-26(25-18-13-12-17-24(22)25)27(19-8-5-2,20-9-6-3)23-15-10-11-16-23;1-4-5-14-21(3,17-10-6-7-11-17)20-15-16(2)18-12-8-9-13-19(18)20;;;;;;;;;;/h4,12-13,17-18,22-26H,1,5-11,14-16,19-21H2,2-3H3;4,8-9,12-13,16-20H,1,5-7,10-11,14-15H2,2-3H3;4*1H3;4*1H;;/q;;4*-1;;;;;2*+4/p-4. The Labute approximate surface area is 401 Å². The maximum absolute atomic E-state index is 4.93. The molecule has 0 N–H and O–H groups in total. The SMILES string of the molecule is C=CCCC(C)(C1CCCC1)C1CC(C)C2C=CC=CC21.C=CCCC1CC(C(CCCC)(CCCC)C2CCCC2)C2C=CC=CC12.[CH3-].[CH3-].[CH3-].[CH3-].[Cl][Zr+2][Cl].[Cl][Zr+2][Cl]. The van der Waals surface area contributed by atoms with Gasteiger partial charge in [0, 0.05) is 0 Å². The summed E-state index contributed by atoms with van der Waals surface area (Å²) < 4.78 is 0. The Morgan fingerprint density at radius 3 is 1.50 bits per heavy atom. The fourth-order valence-corrected chi connectivity index (χ4v) is 12.9. The summed E-state index contributed by atoms with van der Waals surface area (Å²) in [6.07, 6.45) is 52.2. The summed E-state index contributed by atoms with van der Waals surface area (Å²) in [4.78, 5) is 0. The minimum atomic E-state index is -0.826. The quantitative estimate of drug-likeness (QED) is 0.107. The van der Waals surface area contributed by atoms with Gasteiger partial charge in [-0.05, 0) is 147 Å². The van der Waals surface area contributed by atoms with Gasteiger partial charge in [0.15, 0.2) is 0 Å². The van der Waals surface area contributed by atoms with E-state index in [1.165, 1.54) is 128 Å². The first-order valence-electron chi connectivity index (χ1n) is 22.1. The predicted octanol–water partition coefficient (Wildman–Crippen LogP) is 19.2. The van der Waals surface area contributed by atoms with Gasteiger partial charge in [-0.2, -0.15) is 0 Å². The van der Waals surface area contributed by atoms with Crippen LogP contribution in [0.25, 0.3) is 0 Å². The van der Waals surface area contributed by atoms with Crippen molar-refractivity contribution < 1.29 is 41.7 Å². The summed E-state index contributed by atoms with van der Waals surface area (Å²) in [5.74, 6) is 8.66. The molecule has 9 atom stereocenters. The molecule has 0 amide bonds. The first-order chi connectivity index (χ1) is 26.3. The van der Waals surface area contributed by atoms with E-state index >= 15 is 0 Å². The Morgan fingerprint density at radius 1 is 0.603 bits per heavy atom. The van der Waals surface area contributed by atoms with Crippen LogP contribution in [0.3, 0.4) is 0 Å². The molecular formula is C52H88Cl4Zr2. The van der Waals surface area contributed by atoms with Crippen LogP contribution in [0, 0.1) is 99.7 Å². The molecule has 0 aromatic heterocycles. The van der Waals surface area contributed by atoms with Crippen LogP contribution >= 0.6 is 34.1 Å². The Kier molecular flexibility index (Phi) is 35.8. The van der Waals surface area contributed by atoms with Gasteiger partial charge in [-0.25, -0.2) is 0 Å². The molecule has 332 valence electrons. The van der Waals surface area contributed by atoms with Crippen molar-refractivity contribution in [3.05, 3.63) is 104 Å². The minimum absolute atomic E-state index is 0. The summed E-state index contributed by atoms with van der Waals surface area (Å²) in [7, 11) is 19.7. The van der Waals surface area contributed by atoms with Crippen molar-refractivity contribution in [1.29, 1.82) is 0 Å². The fraction of sp³-hybridized carbons (Fsp3) is 0.692. The van der Waals surface area contributed by atoms with Gasteiger partial charge in [0.2, 0.25) is 0 Å². The van der Waals surface area contributed by atoms with Gasteiger partial charge in [-0.15, -0.1) is 13.2 Å². The summed E-state index contributed by atoms with van der Waals surface area (Å²) in [5.41, 5.74) is 1.14. The first-order valence-corrected chi connectivity index (χ1v) is 34.8. The Balaban J connectivity index is 0. The zero-order valence-electron chi connectivity index (χ0n) is 38.6. The molecule has 0 spiro atoms. The fourth-order valence-electron chi connectivity index (χ4n) is 12.9. The van der Waals surface area contributed by atoms with Crippen LogP contribution in [-0.2, 0) is 41.7 Å². The second-order valence-electron chi connectivity index (χ2n) is 18.0. The number of rotatable bonds is 16. The first kappa shape index (κ1) is 61.5. The molecule has 0 aromatic rings. The van der Waals surface area contributed by atoms with E-state index in [0.717, 1.165) is 59.2 Å². The van der Waals surface area contributed by atoms with Gasteiger partial charge < -0.3 is 29.7 Å². The van der Waals surface area contributed by atoms with E-state index in [1.807, 2.05) is 0 Å². The Morgan fingerprint density at radius 2 is 1.03 bits per heavy atom. The van der Waals surface area contributed by atoms with E-state index < -0.39 is 41.7 Å². The van der Waals surface area contributed by atoms with Gasteiger partial charge in [-0.1, -0.05) is 140 Å². The van der Waals surface area contributed by atoms with Crippen molar-refractivity contribution >= 4 is 34.1 Å². The van der Waals surface area contributed by atoms with E-state index in [2.05, 4.69) is 102 Å². The predicted molar refractivity (Wildman–Crippen MR) is 261 cm³/mol. The monoisotopic (exact) mass is 1030 g/mol. The Hall–Kier alpha value is 1.37. The summed E-state index contributed by atoms with van der Waals surface area (Å²) in [6.45, 7) is 17.9. The zero-order valence-corrected chi connectivity index (χ0v) is 46.6. The third-order valence-electron chi connectivity index (χ3n) is 15.4. The topological polar surface area (TPSA) is 0 Å². The van der Waals surface area contributed by atoms with E-state index in [9.17, 15) is 0 Å². The third-order valence-corrected chi connectivity index (χ3v) is 15.4. The van der Waals surface area contributed by atoms with Crippen LogP contribution in [-0.4, -0.2) is 0 Å². The molecule has 0 saturated heterocycles. The van der Waals surface area contributed by atoms with E-state index in [0.29, 0.717) is 10.8 Å². The molecule has 0 aromatic carbocycles. The van der Waals surface area contributed by atoms with Crippen molar-refractivity contribution in [2.24, 2.45) is 70.0 Å². The molecule has 0 radical (unpaired) electrons. The molecule has 0 nitrogen and oxygen atoms in total. The average molecular weight is 1040 g/mol. The van der Waals surface area contributed by atoms with Crippen LogP contribution < -0.4 is 0 Å². The Bertz CT molecular complexity index is 1160. The van der Waals surface area contributed by atoms with Gasteiger partial charge >= 0.3 is 75.7 Å². The van der Waals surface area contributed by atoms with Crippen molar-refractivity contribution in [2.75, 3.05) is 0 Å². The van der Waals surface area contributed by atoms with Crippen molar-refractivity contribution in [2.45, 2.75) is 156 Å². The zero-order chi connectivity index (χ0) is 39.4. The van der Waals surface area contributed by atoms with Crippen LogP contribution in [0.1, 0.15) is 156 Å². The maximum atomic E-state index is 4.93. The molecule has 0 bridgehead atoms. The molecule has 4 saturated carbocycles. The normalized spacial score (nSPS) is 28.6. The van der Waals surface area contributed by atoms with Crippen molar-refractivity contribution in [3.8, 4) is 0 Å². The van der Waals surface area contributed by atoms with Crippen LogP contribution in [0.2, 0.25) is 0 Å². The molecule has 9 unspecified atom stereocenters. The molecule has 0 heterocycles. The number of allylic oxidation sites excluding steroid dienone is 10. The van der Waals surface area contributed by atoms with E-state index in [-0.39, 0.29) is 29.7 Å². The van der Waals surface area contributed by atoms with Gasteiger partial charge in [0.25, 0.3) is 0 Å². The third kappa shape index (κ3) is 16.7. The summed E-state index contributed by atoms with van der Waals surface area (Å²) >= 11 is -1.65. The second kappa shape index (κ2) is 33.8. The number of fused-ring (bicyclic) bond motifs is 2. The molecule has 6 rings (SSSR count). The molecular weight excluding hydrogens is 949 g/mol. The molecule has 6 aliphatic carbocycles. The van der Waals surface area contributed by atoms with Gasteiger partial charge in [0.05, 0.1) is 0 Å². The van der Waals surface area contributed by atoms with E-state index in [1.54, 1.807) is 0 Å². The van der Waals surface area contributed by atoms with E-state index in [4.69, 9.17) is 34.1 Å². The molecule has 58 heavy (non-hydrogen) atoms. The average Bonchev–Trinajstić information content (AvgIpc) is 4.03. The van der Waals surface area contributed by atoms with Crippen LogP contribution in [0.4, 0.5) is 0 Å². The van der Waals surface area contributed by atoms with Crippen LogP contribution in [0.15, 0.2) is 73.9 Å². The van der Waals surface area contributed by atoms with Crippen molar-refractivity contribution in [3.63, 3.8) is 0 Å². The number of hydrogen-bond acceptors (Lipinski definition) is 0. The molecule has 6 heteroatoms. The van der Waals surface area contributed by atoms with Gasteiger partial charge in [-0.3, -0.25) is 0 Å². The molecule has 6 aliphatic rings. The summed E-state index contributed by atoms with van der Waals surface area (Å²) in [5, 5.41) is 0. The van der Waals surface area contributed by atoms with Crippen LogP contribution in [0.5, 0.6) is 0 Å².